The van der Waals surface area contributed by atoms with Crippen molar-refractivity contribution in [1.29, 1.82) is 0 Å². The van der Waals surface area contributed by atoms with Crippen molar-refractivity contribution in [3.05, 3.63) is 52.9 Å². The topological polar surface area (TPSA) is 50.5 Å². The molecule has 1 atom stereocenters. The molecule has 1 aromatic heterocycles. The molecule has 7 rings (SSSR count). The minimum atomic E-state index is -0.629. The van der Waals surface area contributed by atoms with Gasteiger partial charge in [0.25, 0.3) is 0 Å². The number of aryl methyl sites for hydroxylation is 1. The molecular weight excluding hydrogens is 374 g/mol. The number of fused-ring (bicyclic) bond motifs is 1. The molecule has 29 heavy (non-hydrogen) atoms. The first-order valence-electron chi connectivity index (χ1n) is 10.3. The Morgan fingerprint density at radius 2 is 1.90 bits per heavy atom. The molecule has 5 aliphatic rings. The lowest BCUT2D eigenvalue weighted by Gasteiger charge is -2.69. The van der Waals surface area contributed by atoms with Crippen molar-refractivity contribution in [3.63, 3.8) is 0 Å². The van der Waals surface area contributed by atoms with Gasteiger partial charge in [0.1, 0.15) is 11.6 Å². The van der Waals surface area contributed by atoms with E-state index in [9.17, 15) is 13.6 Å². The van der Waals surface area contributed by atoms with E-state index in [1.54, 1.807) is 6.21 Å². The maximum atomic E-state index is 13.7. The van der Waals surface area contributed by atoms with E-state index in [0.29, 0.717) is 12.0 Å². The van der Waals surface area contributed by atoms with Gasteiger partial charge in [0.2, 0.25) is 5.91 Å². The van der Waals surface area contributed by atoms with E-state index < -0.39 is 17.7 Å². The van der Waals surface area contributed by atoms with Gasteiger partial charge in [-0.25, -0.2) is 13.8 Å². The average molecular weight is 396 g/mol. The minimum Gasteiger partial charge on any atom is -0.272 e. The number of amides is 1. The summed E-state index contributed by atoms with van der Waals surface area (Å²) in [5.74, 6) is -1.26. The molecule has 0 N–H and O–H groups in total. The maximum Gasteiger partial charge on any atom is 0.249 e. The highest BCUT2D eigenvalue weighted by atomic mass is 19.1. The first-order valence-corrected chi connectivity index (χ1v) is 10.3. The van der Waals surface area contributed by atoms with Crippen LogP contribution in [0.15, 0.2) is 29.5 Å². The zero-order valence-corrected chi connectivity index (χ0v) is 16.1. The second-order valence-electron chi connectivity index (χ2n) is 9.34. The first kappa shape index (κ1) is 17.3. The summed E-state index contributed by atoms with van der Waals surface area (Å²) < 4.78 is 29.5. The van der Waals surface area contributed by atoms with Crippen LogP contribution in [0.25, 0.3) is 0 Å². The zero-order valence-electron chi connectivity index (χ0n) is 16.1. The van der Waals surface area contributed by atoms with Crippen LogP contribution in [0.1, 0.15) is 55.0 Å². The lowest BCUT2D eigenvalue weighted by atomic mass is 9.34. The third kappa shape index (κ3) is 2.45. The molecule has 1 aliphatic heterocycles. The molecule has 7 heteroatoms. The maximum absolute atomic E-state index is 13.7. The van der Waals surface area contributed by atoms with E-state index >= 15 is 0 Å². The van der Waals surface area contributed by atoms with Crippen molar-refractivity contribution >= 4 is 12.1 Å². The average Bonchev–Trinajstić information content (AvgIpc) is 3.32. The molecule has 150 valence electrons. The lowest BCUT2D eigenvalue weighted by Crippen LogP contribution is -2.68. The molecule has 1 unspecified atom stereocenters. The molecule has 2 aromatic rings. The van der Waals surface area contributed by atoms with Gasteiger partial charge in [0, 0.05) is 30.9 Å². The number of aromatic nitrogens is 2. The van der Waals surface area contributed by atoms with Crippen LogP contribution in [-0.2, 0) is 24.2 Å². The predicted octanol–water partition coefficient (Wildman–Crippen LogP) is 3.78. The Morgan fingerprint density at radius 3 is 2.66 bits per heavy atom. The summed E-state index contributed by atoms with van der Waals surface area (Å²) in [6.07, 6.45) is 10.1. The summed E-state index contributed by atoms with van der Waals surface area (Å²) in [7, 11) is 0. The highest BCUT2D eigenvalue weighted by molar-refractivity contribution is 5.88. The number of hydrogen-bond acceptors (Lipinski definition) is 3. The standard InChI is InChI=1S/C22H22F2N4O/c23-16-6-15(7-17(24)8-16)19-4-5-25-28(19)20(29)22-10-21(11-22,12-22)13-27-18-3-1-2-14(18)9-26-27/h5-9,19H,1-4,10-13H2. The highest BCUT2D eigenvalue weighted by Crippen LogP contribution is 2.74. The Balaban J connectivity index is 1.17. The van der Waals surface area contributed by atoms with Gasteiger partial charge in [-0.15, -0.1) is 0 Å². The van der Waals surface area contributed by atoms with Crippen molar-refractivity contribution in [2.45, 2.75) is 57.5 Å². The molecule has 3 saturated carbocycles. The molecule has 2 bridgehead atoms. The monoisotopic (exact) mass is 396 g/mol. The molecule has 1 aromatic carbocycles. The SMILES string of the molecule is O=C(N1N=CCC1c1cc(F)cc(F)c1)C12CC(Cn3ncc4c3CCC4)(C1)C2. The number of hydrazone groups is 1. The minimum absolute atomic E-state index is 0.00603. The Kier molecular flexibility index (Phi) is 3.42. The second-order valence-corrected chi connectivity index (χ2v) is 9.34. The summed E-state index contributed by atoms with van der Waals surface area (Å²) in [5, 5.41) is 10.3. The Bertz CT molecular complexity index is 1020. The molecule has 0 radical (unpaired) electrons. The highest BCUT2D eigenvalue weighted by Gasteiger charge is 2.72. The number of halogens is 2. The summed E-state index contributed by atoms with van der Waals surface area (Å²) in [6.45, 7) is 0.888. The van der Waals surface area contributed by atoms with Gasteiger partial charge < -0.3 is 0 Å². The van der Waals surface area contributed by atoms with Crippen LogP contribution in [0.3, 0.4) is 0 Å². The van der Waals surface area contributed by atoms with E-state index in [1.807, 2.05) is 6.20 Å². The summed E-state index contributed by atoms with van der Waals surface area (Å²) in [5.41, 5.74) is 3.01. The molecular formula is C22H22F2N4O. The molecule has 1 amide bonds. The molecule has 5 nitrogen and oxygen atoms in total. The number of carbonyl (C=O) groups excluding carboxylic acids is 1. The van der Waals surface area contributed by atoms with E-state index in [4.69, 9.17) is 0 Å². The van der Waals surface area contributed by atoms with Crippen molar-refractivity contribution < 1.29 is 13.6 Å². The Hall–Kier alpha value is -2.57. The van der Waals surface area contributed by atoms with Crippen LogP contribution in [0, 0.1) is 22.5 Å². The van der Waals surface area contributed by atoms with E-state index in [-0.39, 0.29) is 16.7 Å². The van der Waals surface area contributed by atoms with Gasteiger partial charge in [0.15, 0.2) is 0 Å². The van der Waals surface area contributed by atoms with Crippen molar-refractivity contribution in [1.82, 2.24) is 14.8 Å². The van der Waals surface area contributed by atoms with Gasteiger partial charge >= 0.3 is 0 Å². The quantitative estimate of drug-likeness (QED) is 0.790. The van der Waals surface area contributed by atoms with E-state index in [2.05, 4.69) is 14.9 Å². The third-order valence-electron chi connectivity index (χ3n) is 7.28. The lowest BCUT2D eigenvalue weighted by molar-refractivity contribution is -0.223. The van der Waals surface area contributed by atoms with Crippen molar-refractivity contribution in [2.24, 2.45) is 15.9 Å². The van der Waals surface area contributed by atoms with Crippen LogP contribution < -0.4 is 0 Å². The number of rotatable bonds is 4. The number of benzene rings is 1. The Labute approximate surface area is 167 Å². The van der Waals surface area contributed by atoms with Crippen LogP contribution in [0.2, 0.25) is 0 Å². The second kappa shape index (κ2) is 5.74. The van der Waals surface area contributed by atoms with Gasteiger partial charge in [0.05, 0.1) is 17.7 Å². The van der Waals surface area contributed by atoms with Crippen molar-refractivity contribution in [2.75, 3.05) is 0 Å². The van der Waals surface area contributed by atoms with Crippen LogP contribution >= 0.6 is 0 Å². The predicted molar refractivity (Wildman–Crippen MR) is 102 cm³/mol. The molecule has 3 fully saturated rings. The third-order valence-corrected chi connectivity index (χ3v) is 7.28. The van der Waals surface area contributed by atoms with E-state index in [0.717, 1.165) is 44.7 Å². The zero-order chi connectivity index (χ0) is 19.8. The fraction of sp³-hybridized carbons (Fsp3) is 0.500. The van der Waals surface area contributed by atoms with Gasteiger partial charge in [-0.1, -0.05) is 0 Å². The van der Waals surface area contributed by atoms with Gasteiger partial charge in [-0.2, -0.15) is 10.2 Å². The van der Waals surface area contributed by atoms with Crippen LogP contribution in [0.4, 0.5) is 8.78 Å². The van der Waals surface area contributed by atoms with Crippen LogP contribution in [0.5, 0.6) is 0 Å². The number of nitrogens with zero attached hydrogens (tertiary/aromatic N) is 4. The molecule has 0 spiro atoms. The van der Waals surface area contributed by atoms with E-state index in [1.165, 1.54) is 34.8 Å². The van der Waals surface area contributed by atoms with Crippen molar-refractivity contribution in [3.8, 4) is 0 Å². The fourth-order valence-electron chi connectivity index (χ4n) is 6.14. The Morgan fingerprint density at radius 1 is 1.14 bits per heavy atom. The summed E-state index contributed by atoms with van der Waals surface area (Å²) in [6, 6.07) is 3.02. The van der Waals surface area contributed by atoms with Gasteiger partial charge in [-0.3, -0.25) is 9.48 Å². The fourth-order valence-corrected chi connectivity index (χ4v) is 6.14. The molecule has 0 saturated heterocycles. The summed E-state index contributed by atoms with van der Waals surface area (Å²) in [4.78, 5) is 13.3. The smallest absolute Gasteiger partial charge is 0.249 e. The largest absolute Gasteiger partial charge is 0.272 e. The first-order chi connectivity index (χ1) is 14.0. The summed E-state index contributed by atoms with van der Waals surface area (Å²) >= 11 is 0. The molecule has 2 heterocycles. The molecule has 4 aliphatic carbocycles. The normalized spacial score (nSPS) is 31.5. The number of hydrogen-bond donors (Lipinski definition) is 0. The van der Waals surface area contributed by atoms with Crippen LogP contribution in [-0.4, -0.2) is 26.9 Å². The van der Waals surface area contributed by atoms with Gasteiger partial charge in [-0.05, 0) is 67.2 Å². The number of carbonyl (C=O) groups is 1.